The molecule has 1 N–H and O–H groups in total. The fourth-order valence-electron chi connectivity index (χ4n) is 0.610. The Labute approximate surface area is 113 Å². The summed E-state index contributed by atoms with van der Waals surface area (Å²) in [5.74, 6) is -3.74. The van der Waals surface area contributed by atoms with Gasteiger partial charge >= 0.3 is 41.7 Å². The van der Waals surface area contributed by atoms with E-state index in [1.54, 1.807) is 0 Å². The second kappa shape index (κ2) is 6.78. The van der Waals surface area contributed by atoms with E-state index in [-0.39, 0.29) is 31.0 Å². The van der Waals surface area contributed by atoms with Crippen LogP contribution in [0, 0.1) is 11.3 Å². The number of hydrogen-bond donors (Lipinski definition) is 1. The van der Waals surface area contributed by atoms with Gasteiger partial charge in [-0.25, -0.2) is 4.79 Å². The molecule has 8 heteroatoms. The van der Waals surface area contributed by atoms with E-state index < -0.39 is 29.6 Å². The van der Waals surface area contributed by atoms with Gasteiger partial charge in [-0.2, -0.15) is 18.4 Å². The predicted molar refractivity (Wildman–Crippen MR) is 43.7 cm³/mol. The predicted octanol–water partition coefficient (Wildman–Crippen LogP) is -1.05. The molecule has 0 atom stereocenters. The average molecular weight is 247 g/mol. The Morgan fingerprint density at radius 3 is 2.19 bits per heavy atom. The Kier molecular flexibility index (Phi) is 7.49. The molecule has 0 aromatic rings. The number of halogens is 3. The summed E-state index contributed by atoms with van der Waals surface area (Å²) in [5, 5.41) is 16.8. The Bertz CT molecular complexity index is 336. The minimum absolute atomic E-state index is 0. The first kappa shape index (κ1) is 17.7. The Morgan fingerprint density at radius 2 is 1.94 bits per heavy atom. The standard InChI is InChI=1S/C8H8F3NO3.Na.H/c1-4(2)15-7(14)5(3-12)6(13)8(9,10)11;;/h4,13H,1-2H3;;/q;+1;-1. The van der Waals surface area contributed by atoms with Gasteiger partial charge in [0.15, 0.2) is 5.57 Å². The van der Waals surface area contributed by atoms with Crippen molar-refractivity contribution in [3.05, 3.63) is 11.3 Å². The smallest absolute Gasteiger partial charge is 1.00 e. The van der Waals surface area contributed by atoms with Crippen molar-refractivity contribution in [3.8, 4) is 6.07 Å². The maximum Gasteiger partial charge on any atom is 1.00 e. The molecular weight excluding hydrogens is 238 g/mol. The summed E-state index contributed by atoms with van der Waals surface area (Å²) in [6.45, 7) is 2.80. The van der Waals surface area contributed by atoms with Crippen LogP contribution >= 0.6 is 0 Å². The van der Waals surface area contributed by atoms with Crippen molar-refractivity contribution >= 4 is 5.97 Å². The van der Waals surface area contributed by atoms with E-state index in [4.69, 9.17) is 10.4 Å². The number of ether oxygens (including phenoxy) is 1. The number of alkyl halides is 3. The number of nitriles is 1. The summed E-state index contributed by atoms with van der Waals surface area (Å²) in [4.78, 5) is 10.9. The van der Waals surface area contributed by atoms with Gasteiger partial charge in [-0.15, -0.1) is 0 Å². The molecule has 0 saturated heterocycles. The number of hydrogen-bond acceptors (Lipinski definition) is 4. The molecule has 86 valence electrons. The molecule has 0 saturated carbocycles. The molecule has 0 unspecified atom stereocenters. The van der Waals surface area contributed by atoms with Gasteiger partial charge in [-0.05, 0) is 13.8 Å². The summed E-state index contributed by atoms with van der Waals surface area (Å²) in [5.41, 5.74) is -1.45. The Morgan fingerprint density at radius 1 is 1.50 bits per heavy atom. The van der Waals surface area contributed by atoms with E-state index in [0.29, 0.717) is 0 Å². The SMILES string of the molecule is CC(C)OC(=O)C(C#N)=C(O)C(F)(F)F.[H-].[Na+]. The van der Waals surface area contributed by atoms with Crippen LogP contribution in [0.15, 0.2) is 11.3 Å². The number of nitrogens with zero attached hydrogens (tertiary/aromatic N) is 1. The van der Waals surface area contributed by atoms with Crippen LogP contribution in [0.3, 0.4) is 0 Å². The van der Waals surface area contributed by atoms with Gasteiger partial charge in [0.25, 0.3) is 0 Å². The number of esters is 1. The van der Waals surface area contributed by atoms with E-state index in [2.05, 4.69) is 4.74 Å². The minimum Gasteiger partial charge on any atom is -1.00 e. The normalized spacial score (nSPS) is 12.3. The van der Waals surface area contributed by atoms with Crippen molar-refractivity contribution in [1.29, 1.82) is 5.26 Å². The molecule has 0 aromatic carbocycles. The fourth-order valence-corrected chi connectivity index (χ4v) is 0.610. The van der Waals surface area contributed by atoms with Gasteiger partial charge in [0.05, 0.1) is 6.10 Å². The van der Waals surface area contributed by atoms with Gasteiger partial charge in [0, 0.05) is 0 Å². The van der Waals surface area contributed by atoms with Crippen molar-refractivity contribution in [2.45, 2.75) is 26.1 Å². The first-order valence-electron chi connectivity index (χ1n) is 3.81. The quantitative estimate of drug-likeness (QED) is 0.222. The summed E-state index contributed by atoms with van der Waals surface area (Å²) in [6, 6.07) is 0.949. The number of carbonyl (C=O) groups excluding carboxylic acids is 1. The van der Waals surface area contributed by atoms with Crippen molar-refractivity contribution < 1.29 is 58.8 Å². The van der Waals surface area contributed by atoms with Crippen molar-refractivity contribution in [2.24, 2.45) is 0 Å². The molecule has 0 aliphatic rings. The maximum absolute atomic E-state index is 11.9. The van der Waals surface area contributed by atoms with Crippen molar-refractivity contribution in [3.63, 3.8) is 0 Å². The van der Waals surface area contributed by atoms with Crippen LogP contribution in [0.5, 0.6) is 0 Å². The topological polar surface area (TPSA) is 70.3 Å². The van der Waals surface area contributed by atoms with Crippen molar-refractivity contribution in [1.82, 2.24) is 0 Å². The van der Waals surface area contributed by atoms with E-state index in [0.717, 1.165) is 6.07 Å². The molecule has 0 rings (SSSR count). The van der Waals surface area contributed by atoms with Gasteiger partial charge in [-0.3, -0.25) is 0 Å². The summed E-state index contributed by atoms with van der Waals surface area (Å²) < 4.78 is 40.1. The number of allylic oxidation sites excluding steroid dienone is 1. The monoisotopic (exact) mass is 247 g/mol. The zero-order valence-corrected chi connectivity index (χ0v) is 10.9. The van der Waals surface area contributed by atoms with Crippen LogP contribution in [0.2, 0.25) is 0 Å². The van der Waals surface area contributed by atoms with Gasteiger partial charge in [-0.1, -0.05) is 0 Å². The van der Waals surface area contributed by atoms with Crippen LogP contribution in [0.4, 0.5) is 13.2 Å². The second-order valence-electron chi connectivity index (χ2n) is 2.79. The van der Waals surface area contributed by atoms with E-state index in [1.807, 2.05) is 0 Å². The van der Waals surface area contributed by atoms with Gasteiger partial charge in [0.2, 0.25) is 5.76 Å². The molecule has 0 aliphatic carbocycles. The second-order valence-corrected chi connectivity index (χ2v) is 2.79. The molecule has 0 heterocycles. The molecule has 16 heavy (non-hydrogen) atoms. The van der Waals surface area contributed by atoms with Crippen molar-refractivity contribution in [2.75, 3.05) is 0 Å². The summed E-state index contributed by atoms with van der Waals surface area (Å²) >= 11 is 0. The summed E-state index contributed by atoms with van der Waals surface area (Å²) in [6.07, 6.45) is -5.82. The first-order valence-corrected chi connectivity index (χ1v) is 3.81. The summed E-state index contributed by atoms with van der Waals surface area (Å²) in [7, 11) is 0. The first-order chi connectivity index (χ1) is 6.70. The molecule has 0 amide bonds. The molecule has 4 nitrogen and oxygen atoms in total. The molecule has 0 spiro atoms. The zero-order valence-electron chi connectivity index (χ0n) is 9.92. The number of aliphatic hydroxyl groups is 1. The largest absolute Gasteiger partial charge is 1.00 e. The molecule has 0 aromatic heterocycles. The third kappa shape index (κ3) is 5.39. The Balaban J connectivity index is -0.000000980. The van der Waals surface area contributed by atoms with Crippen LogP contribution in [-0.4, -0.2) is 23.4 Å². The van der Waals surface area contributed by atoms with E-state index in [9.17, 15) is 18.0 Å². The number of aliphatic hydroxyl groups excluding tert-OH is 1. The van der Waals surface area contributed by atoms with Gasteiger partial charge < -0.3 is 11.3 Å². The van der Waals surface area contributed by atoms with E-state index in [1.165, 1.54) is 13.8 Å². The third-order valence-corrected chi connectivity index (χ3v) is 1.16. The zero-order chi connectivity index (χ0) is 12.2. The molecule has 0 aliphatic heterocycles. The van der Waals surface area contributed by atoms with Crippen LogP contribution in [-0.2, 0) is 9.53 Å². The number of carbonyl (C=O) groups is 1. The number of rotatable bonds is 2. The molecule has 0 bridgehead atoms. The average Bonchev–Trinajstić information content (AvgIpc) is 2.01. The van der Waals surface area contributed by atoms with Gasteiger partial charge in [0.1, 0.15) is 6.07 Å². The Hall–Kier alpha value is -0.710. The minimum atomic E-state index is -5.14. The molecule has 0 fully saturated rings. The van der Waals surface area contributed by atoms with E-state index >= 15 is 0 Å². The van der Waals surface area contributed by atoms with Crippen LogP contribution < -0.4 is 29.6 Å². The maximum atomic E-state index is 11.9. The van der Waals surface area contributed by atoms with Crippen LogP contribution in [0.25, 0.3) is 0 Å². The third-order valence-electron chi connectivity index (χ3n) is 1.16. The molecule has 0 radical (unpaired) electrons. The van der Waals surface area contributed by atoms with Crippen LogP contribution in [0.1, 0.15) is 15.3 Å². The fraction of sp³-hybridized carbons (Fsp3) is 0.500. The molecular formula is C8H9F3NNaO3.